The standard InChI is InChI=1S/C35H31FN4O4/c36-26-17-9-16-25-29(26)34(42)39-31(25)32(35(43)44)38-30(23-13-5-2-6-14-23)24-15-7-8-18-27(24)37-33(41)28-19-10-20-40(28)21-22-11-3-1-4-12-22/h1-9,11-18,28,31-32H,10,19-21H2,(H,37,41)(H,39,42)(H,43,44). The number of likely N-dealkylation sites (tertiary alicyclic amines) is 1. The number of benzene rings is 4. The Bertz CT molecular complexity index is 1730. The smallest absolute Gasteiger partial charge is 0.330 e. The summed E-state index contributed by atoms with van der Waals surface area (Å²) in [5, 5.41) is 16.0. The van der Waals surface area contributed by atoms with Crippen molar-refractivity contribution in [1.29, 1.82) is 0 Å². The molecule has 0 spiro atoms. The van der Waals surface area contributed by atoms with Crippen molar-refractivity contribution < 1.29 is 23.9 Å². The first-order chi connectivity index (χ1) is 21.4. The summed E-state index contributed by atoms with van der Waals surface area (Å²) >= 11 is 0. The van der Waals surface area contributed by atoms with E-state index in [9.17, 15) is 23.9 Å². The number of aliphatic imine (C=N–C) groups is 1. The maximum Gasteiger partial charge on any atom is 0.330 e. The molecule has 9 heteroatoms. The molecular formula is C35H31FN4O4. The summed E-state index contributed by atoms with van der Waals surface area (Å²) in [6.07, 6.45) is 1.62. The zero-order valence-corrected chi connectivity index (χ0v) is 23.8. The topological polar surface area (TPSA) is 111 Å². The number of carbonyl (C=O) groups is 3. The van der Waals surface area contributed by atoms with Gasteiger partial charge in [0, 0.05) is 17.7 Å². The summed E-state index contributed by atoms with van der Waals surface area (Å²) in [7, 11) is 0. The molecule has 1 fully saturated rings. The van der Waals surface area contributed by atoms with Gasteiger partial charge in [0.15, 0.2) is 6.04 Å². The number of carbonyl (C=O) groups excluding carboxylic acids is 2. The molecule has 0 saturated carbocycles. The summed E-state index contributed by atoms with van der Waals surface area (Å²) in [6.45, 7) is 1.47. The number of amides is 2. The van der Waals surface area contributed by atoms with Crippen LogP contribution in [-0.2, 0) is 16.1 Å². The largest absolute Gasteiger partial charge is 0.480 e. The second-order valence-corrected chi connectivity index (χ2v) is 10.9. The van der Waals surface area contributed by atoms with Gasteiger partial charge in [-0.15, -0.1) is 0 Å². The van der Waals surface area contributed by atoms with Gasteiger partial charge < -0.3 is 15.7 Å². The quantitative estimate of drug-likeness (QED) is 0.232. The van der Waals surface area contributed by atoms with Crippen LogP contribution in [0.4, 0.5) is 10.1 Å². The number of nitrogens with zero attached hydrogens (tertiary/aromatic N) is 2. The van der Waals surface area contributed by atoms with Crippen LogP contribution in [-0.4, -0.2) is 52.1 Å². The molecule has 4 aromatic carbocycles. The molecule has 2 heterocycles. The van der Waals surface area contributed by atoms with E-state index in [1.807, 2.05) is 48.5 Å². The number of halogens is 1. The van der Waals surface area contributed by atoms with Crippen LogP contribution in [0.2, 0.25) is 0 Å². The van der Waals surface area contributed by atoms with E-state index < -0.39 is 29.8 Å². The van der Waals surface area contributed by atoms with Crippen molar-refractivity contribution in [3.05, 3.63) is 137 Å². The predicted molar refractivity (Wildman–Crippen MR) is 165 cm³/mol. The van der Waals surface area contributed by atoms with E-state index in [-0.39, 0.29) is 23.1 Å². The lowest BCUT2D eigenvalue weighted by atomic mass is 9.96. The zero-order valence-electron chi connectivity index (χ0n) is 23.8. The van der Waals surface area contributed by atoms with E-state index in [1.165, 1.54) is 18.2 Å². The molecule has 0 aliphatic carbocycles. The van der Waals surface area contributed by atoms with Gasteiger partial charge in [0.2, 0.25) is 5.91 Å². The molecule has 0 bridgehead atoms. The molecule has 0 aromatic heterocycles. The average Bonchev–Trinajstić information content (AvgIpc) is 3.63. The number of rotatable bonds is 9. The molecule has 0 radical (unpaired) electrons. The van der Waals surface area contributed by atoms with Crippen molar-refractivity contribution in [2.45, 2.75) is 37.5 Å². The third-order valence-corrected chi connectivity index (χ3v) is 8.11. The van der Waals surface area contributed by atoms with Crippen LogP contribution >= 0.6 is 0 Å². The number of nitrogens with one attached hydrogen (secondary N) is 2. The van der Waals surface area contributed by atoms with Gasteiger partial charge in [0.05, 0.1) is 29.0 Å². The van der Waals surface area contributed by atoms with Crippen molar-refractivity contribution in [3.8, 4) is 0 Å². The highest BCUT2D eigenvalue weighted by Crippen LogP contribution is 2.33. The fourth-order valence-electron chi connectivity index (χ4n) is 6.03. The minimum atomic E-state index is -1.47. The highest BCUT2D eigenvalue weighted by atomic mass is 19.1. The third-order valence-electron chi connectivity index (χ3n) is 8.11. The van der Waals surface area contributed by atoms with Gasteiger partial charge in [-0.3, -0.25) is 19.5 Å². The molecule has 3 unspecified atom stereocenters. The van der Waals surface area contributed by atoms with E-state index in [1.54, 1.807) is 36.4 Å². The molecule has 4 aromatic rings. The monoisotopic (exact) mass is 590 g/mol. The van der Waals surface area contributed by atoms with Crippen LogP contribution < -0.4 is 10.6 Å². The van der Waals surface area contributed by atoms with Crippen LogP contribution in [0.5, 0.6) is 0 Å². The van der Waals surface area contributed by atoms with Gasteiger partial charge in [-0.05, 0) is 42.6 Å². The molecule has 6 rings (SSSR count). The fraction of sp³-hybridized carbons (Fsp3) is 0.200. The van der Waals surface area contributed by atoms with Gasteiger partial charge in [-0.2, -0.15) is 0 Å². The van der Waals surface area contributed by atoms with Crippen molar-refractivity contribution in [3.63, 3.8) is 0 Å². The van der Waals surface area contributed by atoms with Gasteiger partial charge in [0.1, 0.15) is 5.82 Å². The Labute approximate surface area is 254 Å². The second kappa shape index (κ2) is 12.6. The maximum absolute atomic E-state index is 14.5. The van der Waals surface area contributed by atoms with Gasteiger partial charge in [0.25, 0.3) is 5.91 Å². The summed E-state index contributed by atoms with van der Waals surface area (Å²) in [5.41, 5.74) is 3.14. The number of hydrogen-bond acceptors (Lipinski definition) is 5. The lowest BCUT2D eigenvalue weighted by Crippen LogP contribution is -2.39. The predicted octanol–water partition coefficient (Wildman–Crippen LogP) is 5.20. The molecule has 1 saturated heterocycles. The van der Waals surface area contributed by atoms with Crippen molar-refractivity contribution in [2.24, 2.45) is 4.99 Å². The van der Waals surface area contributed by atoms with Crippen LogP contribution in [0.25, 0.3) is 0 Å². The summed E-state index contributed by atoms with van der Waals surface area (Å²) < 4.78 is 14.5. The summed E-state index contributed by atoms with van der Waals surface area (Å²) in [5.74, 6) is -2.85. The Kier molecular flexibility index (Phi) is 8.29. The highest BCUT2D eigenvalue weighted by Gasteiger charge is 2.40. The molecule has 8 nitrogen and oxygen atoms in total. The Morgan fingerprint density at radius 2 is 1.66 bits per heavy atom. The number of fused-ring (bicyclic) bond motifs is 1. The molecule has 3 N–H and O–H groups in total. The number of anilines is 1. The first-order valence-corrected chi connectivity index (χ1v) is 14.5. The van der Waals surface area contributed by atoms with Crippen LogP contribution in [0, 0.1) is 5.82 Å². The molecule has 2 aliphatic heterocycles. The molecule has 2 aliphatic rings. The fourth-order valence-corrected chi connectivity index (χ4v) is 6.03. The molecule has 2 amide bonds. The highest BCUT2D eigenvalue weighted by molar-refractivity contribution is 6.18. The van der Waals surface area contributed by atoms with Crippen LogP contribution in [0.1, 0.15) is 51.5 Å². The van der Waals surface area contributed by atoms with Crippen molar-refractivity contribution in [2.75, 3.05) is 11.9 Å². The Morgan fingerprint density at radius 1 is 0.955 bits per heavy atom. The van der Waals surface area contributed by atoms with E-state index in [0.717, 1.165) is 24.9 Å². The number of carboxylic acids is 1. The maximum atomic E-state index is 14.5. The van der Waals surface area contributed by atoms with E-state index in [2.05, 4.69) is 15.5 Å². The van der Waals surface area contributed by atoms with Crippen LogP contribution in [0.3, 0.4) is 0 Å². The van der Waals surface area contributed by atoms with Crippen LogP contribution in [0.15, 0.2) is 108 Å². The van der Waals surface area contributed by atoms with Gasteiger partial charge >= 0.3 is 5.97 Å². The Balaban J connectivity index is 1.36. The Morgan fingerprint density at radius 3 is 2.41 bits per heavy atom. The zero-order chi connectivity index (χ0) is 30.6. The van der Waals surface area contributed by atoms with Gasteiger partial charge in [-0.25, -0.2) is 9.18 Å². The Hall–Kier alpha value is -5.15. The summed E-state index contributed by atoms with van der Waals surface area (Å²) in [6, 6.07) is 27.5. The van der Waals surface area contributed by atoms with Crippen molar-refractivity contribution in [1.82, 2.24) is 10.2 Å². The molecule has 44 heavy (non-hydrogen) atoms. The number of aliphatic carboxylic acids is 1. The first kappa shape index (κ1) is 28.9. The number of hydrogen-bond donors (Lipinski definition) is 3. The van der Waals surface area contributed by atoms with Gasteiger partial charge in [-0.1, -0.05) is 91.0 Å². The number of carboxylic acid groups (broad SMARTS) is 1. The first-order valence-electron chi connectivity index (χ1n) is 14.5. The molecule has 3 atom stereocenters. The lowest BCUT2D eigenvalue weighted by molar-refractivity contribution is -0.139. The second-order valence-electron chi connectivity index (χ2n) is 10.9. The van der Waals surface area contributed by atoms with E-state index in [0.29, 0.717) is 29.1 Å². The third kappa shape index (κ3) is 5.87. The van der Waals surface area contributed by atoms with Crippen molar-refractivity contribution >= 4 is 29.2 Å². The van der Waals surface area contributed by atoms with E-state index in [4.69, 9.17) is 4.99 Å². The number of para-hydroxylation sites is 1. The molecular weight excluding hydrogens is 559 g/mol. The SMILES string of the molecule is O=C1NC(C(N=C(c2ccccc2)c2ccccc2NC(=O)C2CCCN2Cc2ccccc2)C(=O)O)c2cccc(F)c21. The normalized spacial score (nSPS) is 18.8. The summed E-state index contributed by atoms with van der Waals surface area (Å²) in [4.78, 5) is 45.9. The van der Waals surface area contributed by atoms with E-state index >= 15 is 0 Å². The minimum Gasteiger partial charge on any atom is -0.480 e. The average molecular weight is 591 g/mol. The lowest BCUT2D eigenvalue weighted by Gasteiger charge is -2.25. The minimum absolute atomic E-state index is 0.152. The molecule has 222 valence electrons.